The molecule has 28 heavy (non-hydrogen) atoms. The van der Waals surface area contributed by atoms with Crippen LogP contribution in [0.25, 0.3) is 43.6 Å². The van der Waals surface area contributed by atoms with Gasteiger partial charge in [-0.15, -0.1) is 0 Å². The monoisotopic (exact) mass is 360 g/mol. The van der Waals surface area contributed by atoms with Crippen LogP contribution < -0.4 is 0 Å². The summed E-state index contributed by atoms with van der Waals surface area (Å²) in [4.78, 5) is 3.65. The molecule has 2 heteroatoms. The first-order valence-electron chi connectivity index (χ1n) is 9.74. The zero-order valence-electron chi connectivity index (χ0n) is 15.7. The van der Waals surface area contributed by atoms with Gasteiger partial charge < -0.3 is 9.55 Å². The predicted molar refractivity (Wildman–Crippen MR) is 119 cm³/mol. The van der Waals surface area contributed by atoms with Crippen molar-refractivity contribution in [3.05, 3.63) is 96.1 Å². The average Bonchev–Trinajstić information content (AvgIpc) is 3.26. The van der Waals surface area contributed by atoms with E-state index in [9.17, 15) is 0 Å². The fraction of sp³-hybridized carbons (Fsp3) is 0.0769. The first kappa shape index (κ1) is 15.5. The predicted octanol–water partition coefficient (Wildman–Crippen LogP) is 6.56. The molecule has 134 valence electrons. The quantitative estimate of drug-likeness (QED) is 0.361. The zero-order chi connectivity index (χ0) is 18.7. The highest BCUT2D eigenvalue weighted by molar-refractivity contribution is 6.10. The lowest BCUT2D eigenvalue weighted by Gasteiger charge is -2.08. The van der Waals surface area contributed by atoms with Crippen LogP contribution in [0, 0.1) is 0 Å². The molecule has 2 aromatic heterocycles. The summed E-state index contributed by atoms with van der Waals surface area (Å²) in [5.41, 5.74) is 7.77. The van der Waals surface area contributed by atoms with Crippen LogP contribution in [0.5, 0.6) is 0 Å². The third-order valence-corrected chi connectivity index (χ3v) is 6.02. The number of rotatable bonds is 2. The molecule has 6 aromatic rings. The molecule has 0 aliphatic rings. The van der Waals surface area contributed by atoms with Crippen molar-refractivity contribution in [1.29, 1.82) is 0 Å². The van der Waals surface area contributed by atoms with Crippen molar-refractivity contribution in [1.82, 2.24) is 9.55 Å². The van der Waals surface area contributed by atoms with Crippen LogP contribution in [-0.2, 0) is 13.5 Å². The summed E-state index contributed by atoms with van der Waals surface area (Å²) < 4.78 is 2.34. The molecule has 0 spiro atoms. The van der Waals surface area contributed by atoms with Gasteiger partial charge in [-0.25, -0.2) is 0 Å². The fourth-order valence-electron chi connectivity index (χ4n) is 4.75. The molecule has 4 aromatic carbocycles. The molecular formula is C26H20N2. The van der Waals surface area contributed by atoms with Gasteiger partial charge in [-0.05, 0) is 23.3 Å². The Morgan fingerprint density at radius 3 is 2.21 bits per heavy atom. The third-order valence-electron chi connectivity index (χ3n) is 6.02. The van der Waals surface area contributed by atoms with E-state index in [1.54, 1.807) is 0 Å². The number of aromatic amines is 1. The van der Waals surface area contributed by atoms with E-state index in [0.717, 1.165) is 6.42 Å². The van der Waals surface area contributed by atoms with Gasteiger partial charge in [0.05, 0.1) is 11.0 Å². The Morgan fingerprint density at radius 1 is 0.643 bits per heavy atom. The molecule has 1 N–H and O–H groups in total. The Hall–Kier alpha value is -3.52. The Balaban J connectivity index is 1.60. The fourth-order valence-corrected chi connectivity index (χ4v) is 4.75. The van der Waals surface area contributed by atoms with E-state index in [1.165, 1.54) is 54.7 Å². The summed E-state index contributed by atoms with van der Waals surface area (Å²) in [5, 5.41) is 5.25. The summed E-state index contributed by atoms with van der Waals surface area (Å²) in [6.07, 6.45) is 0.908. The van der Waals surface area contributed by atoms with Crippen molar-refractivity contribution in [2.75, 3.05) is 0 Å². The Kier molecular flexibility index (Phi) is 3.18. The first-order chi connectivity index (χ1) is 13.8. The lowest BCUT2D eigenvalue weighted by molar-refractivity contribution is 1.00. The molecule has 0 radical (unpaired) electrons. The molecule has 0 aliphatic heterocycles. The van der Waals surface area contributed by atoms with Crippen molar-refractivity contribution in [3.63, 3.8) is 0 Å². The summed E-state index contributed by atoms with van der Waals surface area (Å²) in [5.74, 6) is 0. The van der Waals surface area contributed by atoms with Gasteiger partial charge in [0.1, 0.15) is 0 Å². The van der Waals surface area contributed by atoms with Gasteiger partial charge in [-0.2, -0.15) is 0 Å². The number of H-pyrrole nitrogens is 1. The second kappa shape index (κ2) is 5.74. The van der Waals surface area contributed by atoms with Crippen LogP contribution in [0.4, 0.5) is 0 Å². The molecular weight excluding hydrogens is 340 g/mol. The van der Waals surface area contributed by atoms with Gasteiger partial charge in [0.2, 0.25) is 0 Å². The number of nitrogens with zero attached hydrogens (tertiary/aromatic N) is 1. The van der Waals surface area contributed by atoms with E-state index in [4.69, 9.17) is 0 Å². The standard InChI is InChI=1S/C26H20N2/c1-28-24-15-5-3-11-20(24)22-13-7-9-18(26(22)28)16-17-8-6-12-21-19-10-2-4-14-23(19)27-25(17)21/h2-15,27H,16H2,1H3. The minimum Gasteiger partial charge on any atom is -0.354 e. The molecule has 0 saturated heterocycles. The van der Waals surface area contributed by atoms with Crippen molar-refractivity contribution in [2.45, 2.75) is 6.42 Å². The van der Waals surface area contributed by atoms with Crippen LogP contribution in [0.2, 0.25) is 0 Å². The summed E-state index contributed by atoms with van der Waals surface area (Å²) in [6, 6.07) is 30.6. The van der Waals surface area contributed by atoms with Crippen molar-refractivity contribution >= 4 is 43.6 Å². The van der Waals surface area contributed by atoms with Gasteiger partial charge in [-0.3, -0.25) is 0 Å². The van der Waals surface area contributed by atoms with Crippen molar-refractivity contribution in [3.8, 4) is 0 Å². The molecule has 0 aliphatic carbocycles. The minimum absolute atomic E-state index is 0.908. The first-order valence-corrected chi connectivity index (χ1v) is 9.74. The highest BCUT2D eigenvalue weighted by atomic mass is 14.9. The highest BCUT2D eigenvalue weighted by Gasteiger charge is 2.13. The number of fused-ring (bicyclic) bond motifs is 6. The summed E-state index contributed by atoms with van der Waals surface area (Å²) >= 11 is 0. The van der Waals surface area contributed by atoms with E-state index < -0.39 is 0 Å². The zero-order valence-corrected chi connectivity index (χ0v) is 15.7. The maximum atomic E-state index is 3.65. The molecule has 2 nitrogen and oxygen atoms in total. The maximum Gasteiger partial charge on any atom is 0.0524 e. The topological polar surface area (TPSA) is 20.7 Å². The van der Waals surface area contributed by atoms with E-state index in [2.05, 4.69) is 102 Å². The number of hydrogen-bond acceptors (Lipinski definition) is 0. The van der Waals surface area contributed by atoms with E-state index in [0.29, 0.717) is 0 Å². The second-order valence-corrected chi connectivity index (χ2v) is 7.58. The number of aryl methyl sites for hydroxylation is 1. The van der Waals surface area contributed by atoms with E-state index in [-0.39, 0.29) is 0 Å². The Bertz CT molecular complexity index is 1500. The maximum absolute atomic E-state index is 3.65. The lowest BCUT2D eigenvalue weighted by atomic mass is 9.99. The Labute approximate surface area is 163 Å². The smallest absolute Gasteiger partial charge is 0.0524 e. The normalized spacial score (nSPS) is 11.9. The number of hydrogen-bond donors (Lipinski definition) is 1. The van der Waals surface area contributed by atoms with Crippen molar-refractivity contribution < 1.29 is 0 Å². The molecule has 0 bridgehead atoms. The van der Waals surface area contributed by atoms with E-state index >= 15 is 0 Å². The number of nitrogens with one attached hydrogen (secondary N) is 1. The van der Waals surface area contributed by atoms with Gasteiger partial charge in [0, 0.05) is 46.0 Å². The molecule has 0 saturated carbocycles. The number of aromatic nitrogens is 2. The molecule has 6 rings (SSSR count). The summed E-state index contributed by atoms with van der Waals surface area (Å²) in [6.45, 7) is 0. The third kappa shape index (κ3) is 2.09. The number of benzene rings is 4. The van der Waals surface area contributed by atoms with Gasteiger partial charge in [0.25, 0.3) is 0 Å². The van der Waals surface area contributed by atoms with E-state index in [1.807, 2.05) is 0 Å². The molecule has 0 atom stereocenters. The molecule has 0 fully saturated rings. The van der Waals surface area contributed by atoms with Gasteiger partial charge in [-0.1, -0.05) is 72.8 Å². The van der Waals surface area contributed by atoms with Crippen LogP contribution in [0.15, 0.2) is 84.9 Å². The SMILES string of the molecule is Cn1c2ccccc2c2cccc(Cc3cccc4c3[nH]c3ccccc34)c21. The van der Waals surface area contributed by atoms with Gasteiger partial charge in [0.15, 0.2) is 0 Å². The van der Waals surface area contributed by atoms with Crippen LogP contribution in [-0.4, -0.2) is 9.55 Å². The lowest BCUT2D eigenvalue weighted by Crippen LogP contribution is -1.95. The highest BCUT2D eigenvalue weighted by Crippen LogP contribution is 2.33. The molecule has 0 amide bonds. The van der Waals surface area contributed by atoms with Crippen molar-refractivity contribution in [2.24, 2.45) is 7.05 Å². The summed E-state index contributed by atoms with van der Waals surface area (Å²) in [7, 11) is 2.18. The Morgan fingerprint density at radius 2 is 1.32 bits per heavy atom. The van der Waals surface area contributed by atoms with Crippen LogP contribution in [0.1, 0.15) is 11.1 Å². The largest absolute Gasteiger partial charge is 0.354 e. The average molecular weight is 360 g/mol. The minimum atomic E-state index is 0.908. The molecule has 2 heterocycles. The molecule has 0 unspecified atom stereocenters. The number of para-hydroxylation sites is 4. The van der Waals surface area contributed by atoms with Crippen LogP contribution in [0.3, 0.4) is 0 Å². The van der Waals surface area contributed by atoms with Crippen LogP contribution >= 0.6 is 0 Å². The second-order valence-electron chi connectivity index (χ2n) is 7.58. The van der Waals surface area contributed by atoms with Gasteiger partial charge >= 0.3 is 0 Å².